The van der Waals surface area contributed by atoms with Crippen LogP contribution in [0.25, 0.3) is 0 Å². The fraction of sp³-hybridized carbons (Fsp3) is 0.571. The summed E-state index contributed by atoms with van der Waals surface area (Å²) in [4.78, 5) is 12.0. The van der Waals surface area contributed by atoms with Crippen LogP contribution >= 0.6 is 0 Å². The Balaban J connectivity index is 2.44. The minimum absolute atomic E-state index is 0.0527. The first-order valence-electron chi connectivity index (χ1n) is 11.1. The standard InChI is InChI=1S/C28H42O2/c1-25(2,3)19-13-15-23(21(17-19)27(7,8)9)29-30-24-16-14-20(26(4,5)6)18-22(24)28(10,11)12/h13-18H,1-12H3. The van der Waals surface area contributed by atoms with Crippen molar-refractivity contribution in [2.24, 2.45) is 0 Å². The lowest BCUT2D eigenvalue weighted by Gasteiger charge is -2.28. The van der Waals surface area contributed by atoms with Gasteiger partial charge in [-0.05, 0) is 44.9 Å². The van der Waals surface area contributed by atoms with E-state index >= 15 is 0 Å². The summed E-state index contributed by atoms with van der Waals surface area (Å²) in [5.41, 5.74) is 4.96. The lowest BCUT2D eigenvalue weighted by Crippen LogP contribution is -2.20. The quantitative estimate of drug-likeness (QED) is 0.374. The highest BCUT2D eigenvalue weighted by molar-refractivity contribution is 5.45. The van der Waals surface area contributed by atoms with Crippen LogP contribution in [0.3, 0.4) is 0 Å². The van der Waals surface area contributed by atoms with Gasteiger partial charge in [-0.3, -0.25) is 9.78 Å². The molecule has 166 valence electrons. The molecule has 0 atom stereocenters. The Hall–Kier alpha value is -1.96. The van der Waals surface area contributed by atoms with Crippen LogP contribution in [0, 0.1) is 0 Å². The molecule has 2 nitrogen and oxygen atoms in total. The van der Waals surface area contributed by atoms with Crippen molar-refractivity contribution >= 4 is 0 Å². The smallest absolute Gasteiger partial charge is 0.182 e. The Morgan fingerprint density at radius 1 is 0.433 bits per heavy atom. The largest absolute Gasteiger partial charge is 0.290 e. The van der Waals surface area contributed by atoms with Crippen LogP contribution in [0.5, 0.6) is 11.5 Å². The minimum atomic E-state index is -0.0527. The molecule has 2 heteroatoms. The van der Waals surface area contributed by atoms with E-state index in [1.165, 1.54) is 11.1 Å². The first kappa shape index (κ1) is 24.3. The topological polar surface area (TPSA) is 18.5 Å². The van der Waals surface area contributed by atoms with Crippen molar-refractivity contribution in [2.45, 2.75) is 105 Å². The zero-order valence-electron chi connectivity index (χ0n) is 21.3. The lowest BCUT2D eigenvalue weighted by atomic mass is 9.80. The molecule has 2 aromatic carbocycles. The number of hydrogen-bond acceptors (Lipinski definition) is 2. The highest BCUT2D eigenvalue weighted by Crippen LogP contribution is 2.38. The average Bonchev–Trinajstić information content (AvgIpc) is 2.56. The van der Waals surface area contributed by atoms with Gasteiger partial charge >= 0.3 is 0 Å². The molecule has 0 aliphatic heterocycles. The van der Waals surface area contributed by atoms with Gasteiger partial charge in [0.1, 0.15) is 0 Å². The van der Waals surface area contributed by atoms with Gasteiger partial charge in [-0.1, -0.05) is 107 Å². The summed E-state index contributed by atoms with van der Waals surface area (Å²) in [7, 11) is 0. The van der Waals surface area contributed by atoms with Crippen LogP contribution in [0.4, 0.5) is 0 Å². The summed E-state index contributed by atoms with van der Waals surface area (Å²) < 4.78 is 0. The second kappa shape index (κ2) is 7.94. The maximum absolute atomic E-state index is 5.98. The molecule has 0 fully saturated rings. The first-order valence-corrected chi connectivity index (χ1v) is 11.1. The zero-order chi connectivity index (χ0) is 23.1. The van der Waals surface area contributed by atoms with Crippen LogP contribution < -0.4 is 9.78 Å². The maximum atomic E-state index is 5.98. The van der Waals surface area contributed by atoms with E-state index in [0.29, 0.717) is 0 Å². The second-order valence-corrected chi connectivity index (χ2v) is 12.6. The fourth-order valence-corrected chi connectivity index (χ4v) is 3.40. The van der Waals surface area contributed by atoms with Gasteiger partial charge in [-0.25, -0.2) is 0 Å². The molecule has 0 bridgehead atoms. The average molecular weight is 411 g/mol. The van der Waals surface area contributed by atoms with E-state index in [1.807, 2.05) is 12.1 Å². The van der Waals surface area contributed by atoms with E-state index < -0.39 is 0 Å². The van der Waals surface area contributed by atoms with Crippen molar-refractivity contribution in [1.82, 2.24) is 0 Å². The van der Waals surface area contributed by atoms with Crippen LogP contribution in [0.1, 0.15) is 105 Å². The Kier molecular flexibility index (Phi) is 6.44. The summed E-state index contributed by atoms with van der Waals surface area (Å²) in [6.45, 7) is 26.7. The monoisotopic (exact) mass is 410 g/mol. The highest BCUT2D eigenvalue weighted by atomic mass is 17.2. The number of benzene rings is 2. The summed E-state index contributed by atoms with van der Waals surface area (Å²) >= 11 is 0. The minimum Gasteiger partial charge on any atom is -0.290 e. The van der Waals surface area contributed by atoms with Crippen molar-refractivity contribution in [2.75, 3.05) is 0 Å². The van der Waals surface area contributed by atoms with Gasteiger partial charge in [-0.15, -0.1) is 0 Å². The van der Waals surface area contributed by atoms with Crippen LogP contribution in [0.2, 0.25) is 0 Å². The predicted octanol–water partition coefficient (Wildman–Crippen LogP) is 8.25. The second-order valence-electron chi connectivity index (χ2n) is 12.6. The molecule has 0 unspecified atom stereocenters. The molecular weight excluding hydrogens is 368 g/mol. The summed E-state index contributed by atoms with van der Waals surface area (Å²) in [5, 5.41) is 0. The van der Waals surface area contributed by atoms with Gasteiger partial charge < -0.3 is 0 Å². The lowest BCUT2D eigenvalue weighted by molar-refractivity contribution is -0.103. The van der Waals surface area contributed by atoms with Gasteiger partial charge in [0.15, 0.2) is 11.5 Å². The molecule has 0 radical (unpaired) electrons. The molecule has 2 aromatic rings. The van der Waals surface area contributed by atoms with Gasteiger partial charge in [0.25, 0.3) is 0 Å². The molecule has 0 saturated carbocycles. The summed E-state index contributed by atoms with van der Waals surface area (Å²) in [5.74, 6) is 1.55. The highest BCUT2D eigenvalue weighted by Gasteiger charge is 2.26. The maximum Gasteiger partial charge on any atom is 0.182 e. The summed E-state index contributed by atoms with van der Waals surface area (Å²) in [6.07, 6.45) is 0. The molecule has 2 rings (SSSR count). The number of rotatable bonds is 3. The Morgan fingerprint density at radius 3 is 0.967 bits per heavy atom. The van der Waals surface area contributed by atoms with Crippen molar-refractivity contribution < 1.29 is 9.78 Å². The van der Waals surface area contributed by atoms with Crippen LogP contribution in [-0.4, -0.2) is 0 Å². The predicted molar refractivity (Wildman–Crippen MR) is 129 cm³/mol. The first-order chi connectivity index (χ1) is 13.4. The van der Waals surface area contributed by atoms with Gasteiger partial charge in [0, 0.05) is 11.1 Å². The molecule has 0 aliphatic rings. The van der Waals surface area contributed by atoms with Crippen LogP contribution in [-0.2, 0) is 21.7 Å². The molecule has 0 amide bonds. The Bertz CT molecular complexity index is 803. The van der Waals surface area contributed by atoms with Crippen molar-refractivity contribution in [1.29, 1.82) is 0 Å². The van der Waals surface area contributed by atoms with E-state index in [0.717, 1.165) is 22.6 Å². The molecule has 0 aromatic heterocycles. The zero-order valence-corrected chi connectivity index (χ0v) is 21.3. The molecular formula is C28H42O2. The van der Waals surface area contributed by atoms with Gasteiger partial charge in [-0.2, -0.15) is 0 Å². The third kappa shape index (κ3) is 5.80. The van der Waals surface area contributed by atoms with Gasteiger partial charge in [0.05, 0.1) is 0 Å². The normalized spacial score (nSPS) is 13.3. The number of hydrogen-bond donors (Lipinski definition) is 0. The molecule has 0 N–H and O–H groups in total. The molecule has 0 spiro atoms. The molecule has 0 heterocycles. The fourth-order valence-electron chi connectivity index (χ4n) is 3.40. The third-order valence-electron chi connectivity index (χ3n) is 5.53. The van der Waals surface area contributed by atoms with E-state index in [2.05, 4.69) is 107 Å². The van der Waals surface area contributed by atoms with Crippen molar-refractivity contribution in [3.8, 4) is 11.5 Å². The van der Waals surface area contributed by atoms with Gasteiger partial charge in [0.2, 0.25) is 0 Å². The van der Waals surface area contributed by atoms with Crippen LogP contribution in [0.15, 0.2) is 36.4 Å². The van der Waals surface area contributed by atoms with Crippen molar-refractivity contribution in [3.05, 3.63) is 58.7 Å². The Morgan fingerprint density at radius 2 is 0.733 bits per heavy atom. The molecule has 0 aliphatic carbocycles. The van der Waals surface area contributed by atoms with E-state index in [-0.39, 0.29) is 21.7 Å². The van der Waals surface area contributed by atoms with Crippen molar-refractivity contribution in [3.63, 3.8) is 0 Å². The Labute approximate surface area is 184 Å². The molecule has 0 saturated heterocycles. The SMILES string of the molecule is CC(C)(C)c1ccc(OOc2ccc(C(C)(C)C)cc2C(C)(C)C)c(C(C)(C)C)c1. The van der Waals surface area contributed by atoms with E-state index in [4.69, 9.17) is 9.78 Å². The summed E-state index contributed by atoms with van der Waals surface area (Å²) in [6, 6.07) is 12.9. The molecule has 30 heavy (non-hydrogen) atoms. The van der Waals surface area contributed by atoms with E-state index in [9.17, 15) is 0 Å². The third-order valence-corrected chi connectivity index (χ3v) is 5.53. The van der Waals surface area contributed by atoms with E-state index in [1.54, 1.807) is 0 Å².